The third-order valence-electron chi connectivity index (χ3n) is 3.00. The highest BCUT2D eigenvalue weighted by atomic mass is 79.9. The number of aryl methyl sites for hydroxylation is 2. The minimum atomic E-state index is -0.000764. The van der Waals surface area contributed by atoms with E-state index in [-0.39, 0.29) is 6.04 Å². The largest absolute Gasteiger partial charge is 0.271 e. The SMILES string of the molecule is Cc1cccc(C(NN)c2cc(C)ccc2Br)c1. The average Bonchev–Trinajstić information content (AvgIpc) is 2.35. The van der Waals surface area contributed by atoms with E-state index in [0.717, 1.165) is 10.0 Å². The van der Waals surface area contributed by atoms with E-state index >= 15 is 0 Å². The number of hydrogen-bond acceptors (Lipinski definition) is 2. The average molecular weight is 305 g/mol. The minimum Gasteiger partial charge on any atom is -0.271 e. The molecule has 2 aromatic rings. The van der Waals surface area contributed by atoms with E-state index in [1.165, 1.54) is 16.7 Å². The summed E-state index contributed by atoms with van der Waals surface area (Å²) in [5, 5.41) is 0. The molecule has 0 amide bonds. The molecular formula is C15H17BrN2. The molecule has 1 atom stereocenters. The summed E-state index contributed by atoms with van der Waals surface area (Å²) >= 11 is 3.59. The molecule has 0 aromatic heterocycles. The first-order chi connectivity index (χ1) is 8.61. The van der Waals surface area contributed by atoms with Crippen LogP contribution in [0.3, 0.4) is 0 Å². The number of halogens is 1. The van der Waals surface area contributed by atoms with Gasteiger partial charge in [0.25, 0.3) is 0 Å². The maximum absolute atomic E-state index is 5.74. The van der Waals surface area contributed by atoms with Crippen LogP contribution in [0.2, 0.25) is 0 Å². The van der Waals surface area contributed by atoms with Crippen LogP contribution in [0.25, 0.3) is 0 Å². The van der Waals surface area contributed by atoms with Crippen LogP contribution in [0, 0.1) is 13.8 Å². The van der Waals surface area contributed by atoms with Gasteiger partial charge in [0.05, 0.1) is 6.04 Å². The van der Waals surface area contributed by atoms with Gasteiger partial charge in [-0.1, -0.05) is 63.5 Å². The fraction of sp³-hybridized carbons (Fsp3) is 0.200. The van der Waals surface area contributed by atoms with Crippen molar-refractivity contribution in [2.24, 2.45) is 5.84 Å². The van der Waals surface area contributed by atoms with Crippen molar-refractivity contribution < 1.29 is 0 Å². The number of benzene rings is 2. The summed E-state index contributed by atoms with van der Waals surface area (Å²) in [6, 6.07) is 14.7. The monoisotopic (exact) mass is 304 g/mol. The zero-order valence-corrected chi connectivity index (χ0v) is 12.2. The van der Waals surface area contributed by atoms with Crippen molar-refractivity contribution in [1.29, 1.82) is 0 Å². The number of hydrogen-bond donors (Lipinski definition) is 2. The molecule has 0 aliphatic heterocycles. The van der Waals surface area contributed by atoms with Crippen molar-refractivity contribution in [3.8, 4) is 0 Å². The normalized spacial score (nSPS) is 12.4. The molecule has 0 saturated carbocycles. The lowest BCUT2D eigenvalue weighted by atomic mass is 9.97. The predicted molar refractivity (Wildman–Crippen MR) is 79.2 cm³/mol. The van der Waals surface area contributed by atoms with Crippen molar-refractivity contribution in [3.05, 3.63) is 69.2 Å². The van der Waals surface area contributed by atoms with Gasteiger partial charge >= 0.3 is 0 Å². The first-order valence-electron chi connectivity index (χ1n) is 5.90. The Bertz CT molecular complexity index is 552. The van der Waals surface area contributed by atoms with Crippen LogP contribution >= 0.6 is 15.9 Å². The zero-order valence-electron chi connectivity index (χ0n) is 10.6. The number of nitrogens with two attached hydrogens (primary N) is 1. The van der Waals surface area contributed by atoms with Crippen molar-refractivity contribution in [2.75, 3.05) is 0 Å². The van der Waals surface area contributed by atoms with Gasteiger partial charge in [-0.25, -0.2) is 5.43 Å². The lowest BCUT2D eigenvalue weighted by Crippen LogP contribution is -2.29. The molecule has 2 aromatic carbocycles. The molecule has 0 fully saturated rings. The topological polar surface area (TPSA) is 38.0 Å². The Labute approximate surface area is 116 Å². The molecular weight excluding hydrogens is 288 g/mol. The lowest BCUT2D eigenvalue weighted by molar-refractivity contribution is 0.634. The van der Waals surface area contributed by atoms with E-state index < -0.39 is 0 Å². The summed E-state index contributed by atoms with van der Waals surface area (Å²) in [5.41, 5.74) is 7.68. The molecule has 0 radical (unpaired) electrons. The Morgan fingerprint density at radius 3 is 2.44 bits per heavy atom. The molecule has 2 nitrogen and oxygen atoms in total. The number of rotatable bonds is 3. The summed E-state index contributed by atoms with van der Waals surface area (Å²) in [7, 11) is 0. The van der Waals surface area contributed by atoms with Crippen LogP contribution in [-0.4, -0.2) is 0 Å². The quantitative estimate of drug-likeness (QED) is 0.671. The molecule has 0 bridgehead atoms. The smallest absolute Gasteiger partial charge is 0.0721 e. The van der Waals surface area contributed by atoms with E-state index in [1.807, 2.05) is 0 Å². The molecule has 3 N–H and O–H groups in total. The van der Waals surface area contributed by atoms with Crippen LogP contribution in [0.15, 0.2) is 46.9 Å². The van der Waals surface area contributed by atoms with Crippen molar-refractivity contribution in [1.82, 2.24) is 5.43 Å². The van der Waals surface area contributed by atoms with E-state index in [1.54, 1.807) is 0 Å². The Balaban J connectivity index is 2.48. The van der Waals surface area contributed by atoms with Crippen molar-refractivity contribution >= 4 is 15.9 Å². The summed E-state index contributed by atoms with van der Waals surface area (Å²) in [4.78, 5) is 0. The first kappa shape index (κ1) is 13.3. The van der Waals surface area contributed by atoms with Gasteiger partial charge in [0.15, 0.2) is 0 Å². The van der Waals surface area contributed by atoms with E-state index in [9.17, 15) is 0 Å². The third-order valence-corrected chi connectivity index (χ3v) is 3.73. The summed E-state index contributed by atoms with van der Waals surface area (Å²) in [6.07, 6.45) is 0. The van der Waals surface area contributed by atoms with Gasteiger partial charge in [0, 0.05) is 4.47 Å². The van der Waals surface area contributed by atoms with Gasteiger partial charge in [-0.05, 0) is 31.0 Å². The molecule has 3 heteroatoms. The second kappa shape index (κ2) is 5.65. The van der Waals surface area contributed by atoms with Crippen molar-refractivity contribution in [3.63, 3.8) is 0 Å². The fourth-order valence-corrected chi connectivity index (χ4v) is 2.58. The fourth-order valence-electron chi connectivity index (χ4n) is 2.10. The van der Waals surface area contributed by atoms with E-state index in [4.69, 9.17) is 5.84 Å². The van der Waals surface area contributed by atoms with Gasteiger partial charge in [-0.2, -0.15) is 0 Å². The molecule has 0 aliphatic rings. The molecule has 1 unspecified atom stereocenters. The Morgan fingerprint density at radius 2 is 1.78 bits per heavy atom. The maximum atomic E-state index is 5.74. The molecule has 0 heterocycles. The summed E-state index contributed by atoms with van der Waals surface area (Å²) < 4.78 is 1.07. The molecule has 0 spiro atoms. The summed E-state index contributed by atoms with van der Waals surface area (Å²) in [6.45, 7) is 4.17. The molecule has 18 heavy (non-hydrogen) atoms. The van der Waals surface area contributed by atoms with E-state index in [0.29, 0.717) is 0 Å². The number of nitrogens with one attached hydrogen (secondary N) is 1. The van der Waals surface area contributed by atoms with Crippen LogP contribution in [-0.2, 0) is 0 Å². The Hall–Kier alpha value is -1.16. The van der Waals surface area contributed by atoms with E-state index in [2.05, 4.69) is 77.7 Å². The van der Waals surface area contributed by atoms with Crippen LogP contribution in [0.5, 0.6) is 0 Å². The van der Waals surface area contributed by atoms with Gasteiger partial charge in [-0.15, -0.1) is 0 Å². The Morgan fingerprint density at radius 1 is 1.06 bits per heavy atom. The standard InChI is InChI=1S/C15H17BrN2/c1-10-4-3-5-12(8-10)15(18-17)13-9-11(2)6-7-14(13)16/h3-9,15,18H,17H2,1-2H3. The second-order valence-electron chi connectivity index (χ2n) is 4.54. The first-order valence-corrected chi connectivity index (χ1v) is 6.70. The second-order valence-corrected chi connectivity index (χ2v) is 5.39. The highest BCUT2D eigenvalue weighted by Crippen LogP contribution is 2.29. The van der Waals surface area contributed by atoms with Crippen LogP contribution in [0.1, 0.15) is 28.3 Å². The maximum Gasteiger partial charge on any atom is 0.0721 e. The van der Waals surface area contributed by atoms with Crippen LogP contribution < -0.4 is 11.3 Å². The highest BCUT2D eigenvalue weighted by molar-refractivity contribution is 9.10. The molecule has 0 saturated heterocycles. The number of hydrazine groups is 1. The highest BCUT2D eigenvalue weighted by Gasteiger charge is 2.15. The third kappa shape index (κ3) is 2.80. The summed E-state index contributed by atoms with van der Waals surface area (Å²) in [5.74, 6) is 5.74. The lowest BCUT2D eigenvalue weighted by Gasteiger charge is -2.19. The van der Waals surface area contributed by atoms with Gasteiger partial charge in [0.2, 0.25) is 0 Å². The van der Waals surface area contributed by atoms with Gasteiger partial charge in [0.1, 0.15) is 0 Å². The van der Waals surface area contributed by atoms with Gasteiger partial charge < -0.3 is 0 Å². The predicted octanol–water partition coefficient (Wildman–Crippen LogP) is 3.62. The Kier molecular flexibility index (Phi) is 4.17. The zero-order chi connectivity index (χ0) is 13.1. The molecule has 0 aliphatic carbocycles. The van der Waals surface area contributed by atoms with Crippen molar-refractivity contribution in [2.45, 2.75) is 19.9 Å². The van der Waals surface area contributed by atoms with Crippen LogP contribution in [0.4, 0.5) is 0 Å². The molecule has 2 rings (SSSR count). The minimum absolute atomic E-state index is 0.000764. The van der Waals surface area contributed by atoms with Gasteiger partial charge in [-0.3, -0.25) is 5.84 Å². The molecule has 94 valence electrons.